The van der Waals surface area contributed by atoms with Crippen molar-refractivity contribution in [1.29, 1.82) is 0 Å². The zero-order valence-electron chi connectivity index (χ0n) is 10.6. The highest BCUT2D eigenvalue weighted by Crippen LogP contribution is 2.34. The molecule has 6 nitrogen and oxygen atoms in total. The lowest BCUT2D eigenvalue weighted by molar-refractivity contribution is -0.119. The second-order valence-electron chi connectivity index (χ2n) is 4.25. The smallest absolute Gasteiger partial charge is 0.264 e. The molecule has 0 aliphatic heterocycles. The standard InChI is InChI=1S/C12H14N4O2S/c1-5-3-4-15-12-7(5)8(13)9(19-12)11(18)16-6(2)10(14)17/h3-4,6H,13H2,1-2H3,(H2,14,17)(H,16,18). The molecule has 0 saturated heterocycles. The number of anilines is 1. The van der Waals surface area contributed by atoms with Crippen LogP contribution in [0, 0.1) is 6.92 Å². The zero-order valence-corrected chi connectivity index (χ0v) is 11.4. The number of hydrogen-bond acceptors (Lipinski definition) is 5. The largest absolute Gasteiger partial charge is 0.397 e. The molecule has 2 rings (SSSR count). The third-order valence-electron chi connectivity index (χ3n) is 2.82. The summed E-state index contributed by atoms with van der Waals surface area (Å²) in [7, 11) is 0. The van der Waals surface area contributed by atoms with E-state index in [0.717, 1.165) is 10.9 Å². The zero-order chi connectivity index (χ0) is 14.2. The molecule has 1 atom stereocenters. The number of carbonyl (C=O) groups excluding carboxylic acids is 2. The van der Waals surface area contributed by atoms with Crippen molar-refractivity contribution in [1.82, 2.24) is 10.3 Å². The van der Waals surface area contributed by atoms with Crippen molar-refractivity contribution in [3.05, 3.63) is 22.7 Å². The summed E-state index contributed by atoms with van der Waals surface area (Å²) in [5.41, 5.74) is 12.4. The van der Waals surface area contributed by atoms with Crippen molar-refractivity contribution in [2.24, 2.45) is 5.73 Å². The number of amides is 2. The highest BCUT2D eigenvalue weighted by Gasteiger charge is 2.20. The van der Waals surface area contributed by atoms with Crippen LogP contribution in [0.2, 0.25) is 0 Å². The third-order valence-corrected chi connectivity index (χ3v) is 3.93. The summed E-state index contributed by atoms with van der Waals surface area (Å²) in [6.45, 7) is 3.42. The molecule has 2 heterocycles. The molecule has 2 aromatic heterocycles. The van der Waals surface area contributed by atoms with Crippen LogP contribution < -0.4 is 16.8 Å². The number of hydrogen-bond donors (Lipinski definition) is 3. The fourth-order valence-corrected chi connectivity index (χ4v) is 2.75. The molecular formula is C12H14N4O2S. The Labute approximate surface area is 113 Å². The monoisotopic (exact) mass is 278 g/mol. The molecule has 0 fully saturated rings. The summed E-state index contributed by atoms with van der Waals surface area (Å²) in [5, 5.41) is 3.29. The summed E-state index contributed by atoms with van der Waals surface area (Å²) in [4.78, 5) is 28.2. The molecule has 0 aromatic carbocycles. The first kappa shape index (κ1) is 13.3. The number of carbonyl (C=O) groups is 2. The van der Waals surface area contributed by atoms with Gasteiger partial charge < -0.3 is 16.8 Å². The number of nitrogens with one attached hydrogen (secondary N) is 1. The van der Waals surface area contributed by atoms with E-state index in [-0.39, 0.29) is 0 Å². The summed E-state index contributed by atoms with van der Waals surface area (Å²) in [6.07, 6.45) is 1.67. The predicted octanol–water partition coefficient (Wildman–Crippen LogP) is 0.791. The van der Waals surface area contributed by atoms with E-state index in [1.807, 2.05) is 13.0 Å². The Kier molecular flexibility index (Phi) is 3.39. The van der Waals surface area contributed by atoms with Crippen LogP contribution in [0.4, 0.5) is 5.69 Å². The van der Waals surface area contributed by atoms with E-state index in [1.54, 1.807) is 6.20 Å². The molecule has 5 N–H and O–H groups in total. The van der Waals surface area contributed by atoms with Gasteiger partial charge in [0.15, 0.2) is 0 Å². The molecule has 19 heavy (non-hydrogen) atoms. The van der Waals surface area contributed by atoms with Crippen molar-refractivity contribution in [2.75, 3.05) is 5.73 Å². The molecule has 0 spiro atoms. The first-order valence-corrected chi connectivity index (χ1v) is 6.47. The first-order valence-electron chi connectivity index (χ1n) is 5.65. The van der Waals surface area contributed by atoms with Gasteiger partial charge in [-0.3, -0.25) is 9.59 Å². The molecule has 0 aliphatic carbocycles. The molecule has 0 radical (unpaired) electrons. The van der Waals surface area contributed by atoms with Crippen LogP contribution in [0.3, 0.4) is 0 Å². The molecule has 0 bridgehead atoms. The maximum absolute atomic E-state index is 12.0. The number of nitrogens with zero attached hydrogens (tertiary/aromatic N) is 1. The van der Waals surface area contributed by atoms with E-state index in [4.69, 9.17) is 11.5 Å². The van der Waals surface area contributed by atoms with Gasteiger partial charge in [0.25, 0.3) is 5.91 Å². The predicted molar refractivity (Wildman–Crippen MR) is 74.9 cm³/mol. The van der Waals surface area contributed by atoms with Gasteiger partial charge in [-0.15, -0.1) is 11.3 Å². The van der Waals surface area contributed by atoms with E-state index in [9.17, 15) is 9.59 Å². The normalized spacial score (nSPS) is 12.3. The number of pyridine rings is 1. The van der Waals surface area contributed by atoms with Gasteiger partial charge in [0.2, 0.25) is 5.91 Å². The average Bonchev–Trinajstić information content (AvgIpc) is 2.68. The van der Waals surface area contributed by atoms with Gasteiger partial charge in [0, 0.05) is 11.6 Å². The van der Waals surface area contributed by atoms with Crippen LogP contribution in [0.25, 0.3) is 10.2 Å². The van der Waals surface area contributed by atoms with Crippen molar-refractivity contribution in [2.45, 2.75) is 19.9 Å². The molecule has 2 aromatic rings. The Bertz CT molecular complexity index is 665. The van der Waals surface area contributed by atoms with Gasteiger partial charge in [-0.2, -0.15) is 0 Å². The Morgan fingerprint density at radius 2 is 2.16 bits per heavy atom. The number of primary amides is 1. The van der Waals surface area contributed by atoms with Crippen LogP contribution in [-0.4, -0.2) is 22.8 Å². The van der Waals surface area contributed by atoms with Gasteiger partial charge >= 0.3 is 0 Å². The molecular weight excluding hydrogens is 264 g/mol. The topological polar surface area (TPSA) is 111 Å². The van der Waals surface area contributed by atoms with Gasteiger partial charge in [0.1, 0.15) is 15.7 Å². The number of nitrogens with two attached hydrogens (primary N) is 2. The number of nitrogen functional groups attached to an aromatic ring is 1. The van der Waals surface area contributed by atoms with Crippen molar-refractivity contribution in [3.8, 4) is 0 Å². The quantitative estimate of drug-likeness (QED) is 0.770. The average molecular weight is 278 g/mol. The van der Waals surface area contributed by atoms with Crippen LogP contribution >= 0.6 is 11.3 Å². The summed E-state index contributed by atoms with van der Waals surface area (Å²) < 4.78 is 0. The second kappa shape index (κ2) is 4.85. The number of fused-ring (bicyclic) bond motifs is 1. The lowest BCUT2D eigenvalue weighted by Crippen LogP contribution is -2.42. The van der Waals surface area contributed by atoms with Crippen LogP contribution in [0.1, 0.15) is 22.2 Å². The minimum atomic E-state index is -0.744. The van der Waals surface area contributed by atoms with Gasteiger partial charge in [-0.1, -0.05) is 0 Å². The minimum Gasteiger partial charge on any atom is -0.397 e. The highest BCUT2D eigenvalue weighted by molar-refractivity contribution is 7.21. The van der Waals surface area contributed by atoms with E-state index in [1.165, 1.54) is 18.3 Å². The Balaban J connectivity index is 2.41. The molecule has 100 valence electrons. The fraction of sp³-hybridized carbons (Fsp3) is 0.250. The van der Waals surface area contributed by atoms with E-state index < -0.39 is 17.9 Å². The lowest BCUT2D eigenvalue weighted by atomic mass is 10.1. The number of thiophene rings is 1. The number of aryl methyl sites for hydroxylation is 1. The third kappa shape index (κ3) is 2.37. The van der Waals surface area contributed by atoms with Gasteiger partial charge in [-0.05, 0) is 25.5 Å². The molecule has 1 unspecified atom stereocenters. The van der Waals surface area contributed by atoms with Gasteiger partial charge in [0.05, 0.1) is 5.69 Å². The maximum atomic E-state index is 12.0. The Morgan fingerprint density at radius 3 is 2.74 bits per heavy atom. The van der Waals surface area contributed by atoms with Crippen LogP contribution in [0.15, 0.2) is 12.3 Å². The lowest BCUT2D eigenvalue weighted by Gasteiger charge is -2.09. The van der Waals surface area contributed by atoms with E-state index in [2.05, 4.69) is 10.3 Å². The van der Waals surface area contributed by atoms with Gasteiger partial charge in [-0.25, -0.2) is 4.98 Å². The van der Waals surface area contributed by atoms with Crippen molar-refractivity contribution < 1.29 is 9.59 Å². The van der Waals surface area contributed by atoms with E-state index in [0.29, 0.717) is 15.4 Å². The minimum absolute atomic E-state index is 0.352. The molecule has 2 amide bonds. The summed E-state index contributed by atoms with van der Waals surface area (Å²) >= 11 is 1.20. The van der Waals surface area contributed by atoms with Crippen molar-refractivity contribution in [3.63, 3.8) is 0 Å². The molecule has 7 heteroatoms. The van der Waals surface area contributed by atoms with Crippen LogP contribution in [-0.2, 0) is 4.79 Å². The summed E-state index contributed by atoms with van der Waals surface area (Å²) in [6, 6.07) is 1.09. The Hall–Kier alpha value is -2.15. The highest BCUT2D eigenvalue weighted by atomic mass is 32.1. The number of rotatable bonds is 3. The second-order valence-corrected chi connectivity index (χ2v) is 5.25. The fourth-order valence-electron chi connectivity index (χ4n) is 1.71. The first-order chi connectivity index (χ1) is 8.91. The van der Waals surface area contributed by atoms with Crippen LogP contribution in [0.5, 0.6) is 0 Å². The Morgan fingerprint density at radius 1 is 1.47 bits per heavy atom. The summed E-state index contributed by atoms with van der Waals surface area (Å²) in [5.74, 6) is -1.01. The van der Waals surface area contributed by atoms with Crippen molar-refractivity contribution >= 4 is 39.1 Å². The number of aromatic nitrogens is 1. The SMILES string of the molecule is Cc1ccnc2sc(C(=O)NC(C)C(N)=O)c(N)c12. The van der Waals surface area contributed by atoms with E-state index >= 15 is 0 Å². The molecule has 0 saturated carbocycles. The maximum Gasteiger partial charge on any atom is 0.264 e. The molecule has 0 aliphatic rings.